The molecule has 0 saturated carbocycles. The molecule has 14 heavy (non-hydrogen) atoms. The number of nitrogens with one attached hydrogen (secondary N) is 1. The second kappa shape index (κ2) is 5.12. The Balaban J connectivity index is 2.34. The molecule has 1 aliphatic heterocycles. The van der Waals surface area contributed by atoms with E-state index in [2.05, 4.69) is 28.2 Å². The van der Waals surface area contributed by atoms with E-state index in [1.54, 1.807) is 0 Å². The fourth-order valence-electron chi connectivity index (χ4n) is 1.49. The molecule has 1 saturated heterocycles. The molecule has 2 unspecified atom stereocenters. The smallest absolute Gasteiger partial charge is 0.252 e. The minimum Gasteiger partial charge on any atom is -0.365 e. The minimum absolute atomic E-state index is 0.0212. The Bertz CT molecular complexity index is 202. The lowest BCUT2D eigenvalue weighted by Crippen LogP contribution is -2.45. The van der Waals surface area contributed by atoms with Gasteiger partial charge in [-0.1, -0.05) is 22.9 Å². The molecule has 1 heterocycles. The second-order valence-electron chi connectivity index (χ2n) is 3.90. The third-order valence-electron chi connectivity index (χ3n) is 2.63. The Kier molecular flexibility index (Phi) is 4.38. The van der Waals surface area contributed by atoms with Crippen LogP contribution in [-0.4, -0.2) is 29.5 Å². The molecule has 0 radical (unpaired) electrons. The molecule has 0 aliphatic carbocycles. The van der Waals surface area contributed by atoms with Gasteiger partial charge in [-0.15, -0.1) is 0 Å². The number of hydrogen-bond acceptors (Lipinski definition) is 2. The summed E-state index contributed by atoms with van der Waals surface area (Å²) in [7, 11) is 0. The molecule has 1 fully saturated rings. The Labute approximate surface area is 93.7 Å². The van der Waals surface area contributed by atoms with Crippen molar-refractivity contribution in [1.29, 1.82) is 0 Å². The maximum Gasteiger partial charge on any atom is 0.252 e. The van der Waals surface area contributed by atoms with Crippen molar-refractivity contribution in [3.05, 3.63) is 0 Å². The lowest BCUT2D eigenvalue weighted by Gasteiger charge is -2.22. The fourth-order valence-corrected chi connectivity index (χ4v) is 1.65. The summed E-state index contributed by atoms with van der Waals surface area (Å²) in [4.78, 5) is 12.1. The average molecular weight is 264 g/mol. The van der Waals surface area contributed by atoms with E-state index < -0.39 is 5.60 Å². The Morgan fingerprint density at radius 3 is 2.93 bits per heavy atom. The molecule has 82 valence electrons. The number of hydrogen-bond donors (Lipinski definition) is 1. The van der Waals surface area contributed by atoms with Crippen LogP contribution in [0.1, 0.15) is 33.1 Å². The molecule has 0 aromatic carbocycles. The van der Waals surface area contributed by atoms with Gasteiger partial charge in [-0.2, -0.15) is 0 Å². The molecule has 1 N–H and O–H groups in total. The second-order valence-corrected chi connectivity index (χ2v) is 5.19. The van der Waals surface area contributed by atoms with Gasteiger partial charge >= 0.3 is 0 Å². The lowest BCUT2D eigenvalue weighted by atomic mass is 10.0. The van der Waals surface area contributed by atoms with Crippen molar-refractivity contribution in [3.63, 3.8) is 0 Å². The quantitative estimate of drug-likeness (QED) is 0.787. The van der Waals surface area contributed by atoms with Gasteiger partial charge in [-0.05, 0) is 26.2 Å². The molecule has 0 aromatic rings. The predicted octanol–water partition coefficient (Wildman–Crippen LogP) is 1.85. The van der Waals surface area contributed by atoms with Crippen molar-refractivity contribution in [3.8, 4) is 0 Å². The molecule has 1 amide bonds. The molecule has 3 nitrogen and oxygen atoms in total. The first-order chi connectivity index (χ1) is 6.58. The Morgan fingerprint density at radius 2 is 2.43 bits per heavy atom. The predicted molar refractivity (Wildman–Crippen MR) is 59.6 cm³/mol. The first-order valence-corrected chi connectivity index (χ1v) is 6.06. The van der Waals surface area contributed by atoms with E-state index in [1.165, 1.54) is 0 Å². The van der Waals surface area contributed by atoms with E-state index in [4.69, 9.17) is 4.74 Å². The molecule has 0 bridgehead atoms. The van der Waals surface area contributed by atoms with Gasteiger partial charge in [0.05, 0.1) is 0 Å². The summed E-state index contributed by atoms with van der Waals surface area (Å²) in [5.74, 6) is 0.0212. The third-order valence-corrected chi connectivity index (χ3v) is 3.60. The monoisotopic (exact) mass is 263 g/mol. The zero-order valence-corrected chi connectivity index (χ0v) is 10.4. The highest BCUT2D eigenvalue weighted by atomic mass is 79.9. The van der Waals surface area contributed by atoms with Crippen molar-refractivity contribution in [1.82, 2.24) is 5.32 Å². The minimum atomic E-state index is -0.583. The van der Waals surface area contributed by atoms with Crippen LogP contribution in [0.4, 0.5) is 0 Å². The summed E-state index contributed by atoms with van der Waals surface area (Å²) in [6, 6.07) is 0. The average Bonchev–Trinajstić information content (AvgIpc) is 2.62. The molecule has 0 aromatic heterocycles. The topological polar surface area (TPSA) is 38.3 Å². The van der Waals surface area contributed by atoms with Crippen LogP contribution in [0.5, 0.6) is 0 Å². The molecule has 1 aliphatic rings. The Hall–Kier alpha value is -0.0900. The summed E-state index contributed by atoms with van der Waals surface area (Å²) in [5.41, 5.74) is -0.583. The third kappa shape index (κ3) is 2.95. The van der Waals surface area contributed by atoms with Crippen LogP contribution in [-0.2, 0) is 9.53 Å². The zero-order valence-electron chi connectivity index (χ0n) is 8.81. The van der Waals surface area contributed by atoms with E-state index in [-0.39, 0.29) is 5.91 Å². The van der Waals surface area contributed by atoms with Crippen LogP contribution >= 0.6 is 15.9 Å². The molecule has 0 spiro atoms. The van der Waals surface area contributed by atoms with Crippen molar-refractivity contribution >= 4 is 21.8 Å². The van der Waals surface area contributed by atoms with E-state index in [1.807, 2.05) is 6.92 Å². The number of ether oxygens (including phenoxy) is 1. The van der Waals surface area contributed by atoms with Gasteiger partial charge in [0.2, 0.25) is 0 Å². The van der Waals surface area contributed by atoms with E-state index >= 15 is 0 Å². The van der Waals surface area contributed by atoms with Gasteiger partial charge in [0.1, 0.15) is 5.60 Å². The van der Waals surface area contributed by atoms with Gasteiger partial charge < -0.3 is 10.1 Å². The number of alkyl halides is 1. The molecular formula is C10H18BrNO2. The van der Waals surface area contributed by atoms with Crippen LogP contribution in [0.25, 0.3) is 0 Å². The normalized spacial score (nSPS) is 28.8. The highest BCUT2D eigenvalue weighted by Gasteiger charge is 2.37. The van der Waals surface area contributed by atoms with Gasteiger partial charge in [0.15, 0.2) is 0 Å². The van der Waals surface area contributed by atoms with Gasteiger partial charge in [-0.25, -0.2) is 0 Å². The van der Waals surface area contributed by atoms with E-state index in [0.29, 0.717) is 18.0 Å². The summed E-state index contributed by atoms with van der Waals surface area (Å²) in [5, 5.41) is 2.90. The number of halogens is 1. The van der Waals surface area contributed by atoms with Gasteiger partial charge in [-0.3, -0.25) is 4.79 Å². The highest BCUT2D eigenvalue weighted by Crippen LogP contribution is 2.24. The largest absolute Gasteiger partial charge is 0.365 e. The summed E-state index contributed by atoms with van der Waals surface area (Å²) in [6.45, 7) is 5.33. The fraction of sp³-hybridized carbons (Fsp3) is 0.900. The number of amides is 1. The number of rotatable bonds is 4. The number of carbonyl (C=O) groups excluding carboxylic acids is 1. The SMILES string of the molecule is CCC(Br)CNC(=O)C1(C)CCCO1. The van der Waals surface area contributed by atoms with Crippen LogP contribution in [0.2, 0.25) is 0 Å². The summed E-state index contributed by atoms with van der Waals surface area (Å²) >= 11 is 3.48. The van der Waals surface area contributed by atoms with Gasteiger partial charge in [0.25, 0.3) is 5.91 Å². The standard InChI is InChI=1S/C10H18BrNO2/c1-3-8(11)7-12-9(13)10(2)5-4-6-14-10/h8H,3-7H2,1-2H3,(H,12,13). The van der Waals surface area contributed by atoms with Crippen LogP contribution < -0.4 is 5.32 Å². The zero-order chi connectivity index (χ0) is 10.6. The molecule has 4 heteroatoms. The lowest BCUT2D eigenvalue weighted by molar-refractivity contribution is -0.139. The van der Waals surface area contributed by atoms with Crippen molar-refractivity contribution in [2.75, 3.05) is 13.2 Å². The number of carbonyl (C=O) groups is 1. The first-order valence-electron chi connectivity index (χ1n) is 5.15. The van der Waals surface area contributed by atoms with Crippen LogP contribution in [0, 0.1) is 0 Å². The highest BCUT2D eigenvalue weighted by molar-refractivity contribution is 9.09. The van der Waals surface area contributed by atoms with Gasteiger partial charge in [0, 0.05) is 18.0 Å². The van der Waals surface area contributed by atoms with Crippen LogP contribution in [0.15, 0.2) is 0 Å². The summed E-state index contributed by atoms with van der Waals surface area (Å²) < 4.78 is 5.44. The van der Waals surface area contributed by atoms with Crippen LogP contribution in [0.3, 0.4) is 0 Å². The maximum atomic E-state index is 11.7. The van der Waals surface area contributed by atoms with Crippen molar-refractivity contribution in [2.45, 2.75) is 43.5 Å². The van der Waals surface area contributed by atoms with Crippen molar-refractivity contribution < 1.29 is 9.53 Å². The van der Waals surface area contributed by atoms with Crippen molar-refractivity contribution in [2.24, 2.45) is 0 Å². The first kappa shape index (κ1) is 12.0. The van der Waals surface area contributed by atoms with E-state index in [9.17, 15) is 4.79 Å². The molecule has 1 rings (SSSR count). The molecular weight excluding hydrogens is 246 g/mol. The summed E-state index contributed by atoms with van der Waals surface area (Å²) in [6.07, 6.45) is 2.82. The Morgan fingerprint density at radius 1 is 1.71 bits per heavy atom. The molecule has 2 atom stereocenters. The van der Waals surface area contributed by atoms with E-state index in [0.717, 1.165) is 19.3 Å². The maximum absolute atomic E-state index is 11.7.